The van der Waals surface area contributed by atoms with E-state index in [4.69, 9.17) is 11.6 Å². The molecule has 1 atom stereocenters. The zero-order valence-electron chi connectivity index (χ0n) is 10.2. The summed E-state index contributed by atoms with van der Waals surface area (Å²) < 4.78 is 1.15. The van der Waals surface area contributed by atoms with E-state index in [0.717, 1.165) is 15.9 Å². The van der Waals surface area contributed by atoms with Crippen LogP contribution in [0, 0.1) is 0 Å². The molecule has 0 bridgehead atoms. The molecule has 0 aliphatic carbocycles. The van der Waals surface area contributed by atoms with Gasteiger partial charge in [0.05, 0.1) is 0 Å². The lowest BCUT2D eigenvalue weighted by molar-refractivity contribution is 0.591. The van der Waals surface area contributed by atoms with E-state index in [9.17, 15) is 0 Å². The van der Waals surface area contributed by atoms with Gasteiger partial charge in [0.25, 0.3) is 0 Å². The molecule has 2 rings (SSSR count). The maximum atomic E-state index is 6.04. The van der Waals surface area contributed by atoms with Crippen LogP contribution in [0.15, 0.2) is 53.0 Å². The maximum Gasteiger partial charge on any atom is 0.0409 e. The van der Waals surface area contributed by atoms with E-state index >= 15 is 0 Å². The van der Waals surface area contributed by atoms with Gasteiger partial charge >= 0.3 is 0 Å². The van der Waals surface area contributed by atoms with E-state index in [2.05, 4.69) is 45.5 Å². The summed E-state index contributed by atoms with van der Waals surface area (Å²) in [5, 5.41) is 4.12. The van der Waals surface area contributed by atoms with Crippen LogP contribution < -0.4 is 5.32 Å². The van der Waals surface area contributed by atoms with Crippen LogP contribution in [0.5, 0.6) is 0 Å². The molecule has 0 aromatic heterocycles. The Morgan fingerprint density at radius 1 is 1.17 bits per heavy atom. The highest BCUT2D eigenvalue weighted by molar-refractivity contribution is 9.10. The maximum absolute atomic E-state index is 6.04. The predicted molar refractivity (Wildman–Crippen MR) is 81.1 cm³/mol. The van der Waals surface area contributed by atoms with Crippen molar-refractivity contribution in [2.45, 2.75) is 12.5 Å². The molecular weight excluding hydrogens is 310 g/mol. The van der Waals surface area contributed by atoms with Crippen LogP contribution in [0.3, 0.4) is 0 Å². The minimum absolute atomic E-state index is 0.266. The van der Waals surface area contributed by atoms with Gasteiger partial charge < -0.3 is 5.32 Å². The van der Waals surface area contributed by atoms with E-state index in [0.29, 0.717) is 0 Å². The van der Waals surface area contributed by atoms with Gasteiger partial charge in [0.2, 0.25) is 0 Å². The first kappa shape index (κ1) is 13.6. The second-order valence-electron chi connectivity index (χ2n) is 4.19. The van der Waals surface area contributed by atoms with Crippen LogP contribution in [-0.2, 0) is 6.42 Å². The summed E-state index contributed by atoms with van der Waals surface area (Å²) >= 11 is 9.63. The van der Waals surface area contributed by atoms with Crippen LogP contribution in [0.1, 0.15) is 17.2 Å². The van der Waals surface area contributed by atoms with Gasteiger partial charge in [-0.1, -0.05) is 57.9 Å². The van der Waals surface area contributed by atoms with Gasteiger partial charge in [-0.3, -0.25) is 0 Å². The molecule has 1 N–H and O–H groups in total. The lowest BCUT2D eigenvalue weighted by Crippen LogP contribution is -2.19. The first-order valence-electron chi connectivity index (χ1n) is 5.87. The molecule has 3 heteroatoms. The van der Waals surface area contributed by atoms with Crippen molar-refractivity contribution < 1.29 is 0 Å². The molecule has 0 aliphatic heterocycles. The van der Waals surface area contributed by atoms with E-state index in [1.807, 2.05) is 31.3 Å². The van der Waals surface area contributed by atoms with Crippen molar-refractivity contribution in [3.63, 3.8) is 0 Å². The average Bonchev–Trinajstić information content (AvgIpc) is 2.38. The fraction of sp³-hybridized carbons (Fsp3) is 0.200. The van der Waals surface area contributed by atoms with Crippen molar-refractivity contribution in [1.82, 2.24) is 5.32 Å². The van der Waals surface area contributed by atoms with Crippen molar-refractivity contribution in [3.05, 3.63) is 69.2 Å². The Morgan fingerprint density at radius 3 is 2.61 bits per heavy atom. The number of benzene rings is 2. The van der Waals surface area contributed by atoms with Gasteiger partial charge in [0, 0.05) is 15.5 Å². The number of nitrogens with one attached hydrogen (secondary N) is 1. The number of rotatable bonds is 4. The third-order valence-corrected chi connectivity index (χ3v) is 3.99. The molecule has 2 aromatic carbocycles. The summed E-state index contributed by atoms with van der Waals surface area (Å²) in [6.45, 7) is 0. The summed E-state index contributed by atoms with van der Waals surface area (Å²) in [6, 6.07) is 16.6. The Hall–Kier alpha value is -0.830. The van der Waals surface area contributed by atoms with Crippen molar-refractivity contribution in [1.29, 1.82) is 0 Å². The van der Waals surface area contributed by atoms with Crippen molar-refractivity contribution in [2.24, 2.45) is 0 Å². The highest BCUT2D eigenvalue weighted by atomic mass is 79.9. The second kappa shape index (κ2) is 6.37. The van der Waals surface area contributed by atoms with E-state index in [-0.39, 0.29) is 6.04 Å². The monoisotopic (exact) mass is 323 g/mol. The highest BCUT2D eigenvalue weighted by Crippen LogP contribution is 2.25. The molecule has 0 aliphatic rings. The van der Waals surface area contributed by atoms with Gasteiger partial charge in [0.1, 0.15) is 0 Å². The normalized spacial score (nSPS) is 12.4. The molecule has 0 saturated heterocycles. The minimum atomic E-state index is 0.266. The van der Waals surface area contributed by atoms with Crippen LogP contribution in [-0.4, -0.2) is 7.05 Å². The first-order valence-corrected chi connectivity index (χ1v) is 7.04. The Morgan fingerprint density at radius 2 is 1.94 bits per heavy atom. The lowest BCUT2D eigenvalue weighted by Gasteiger charge is -2.17. The molecule has 18 heavy (non-hydrogen) atoms. The van der Waals surface area contributed by atoms with Crippen molar-refractivity contribution >= 4 is 27.5 Å². The molecule has 94 valence electrons. The number of hydrogen-bond acceptors (Lipinski definition) is 1. The quantitative estimate of drug-likeness (QED) is 0.866. The highest BCUT2D eigenvalue weighted by Gasteiger charge is 2.11. The Bertz CT molecular complexity index is 527. The van der Waals surface area contributed by atoms with E-state index in [1.54, 1.807) is 0 Å². The Labute approximate surface area is 121 Å². The summed E-state index contributed by atoms with van der Waals surface area (Å²) in [7, 11) is 1.97. The third kappa shape index (κ3) is 3.35. The third-order valence-electron chi connectivity index (χ3n) is 2.98. The minimum Gasteiger partial charge on any atom is -0.313 e. The molecule has 0 saturated carbocycles. The first-order chi connectivity index (χ1) is 8.70. The SMILES string of the molecule is CNC(Cc1ccccc1Br)c1cccc(Cl)c1. The van der Waals surface area contributed by atoms with Gasteiger partial charge in [-0.2, -0.15) is 0 Å². The zero-order valence-corrected chi connectivity index (χ0v) is 12.5. The number of halogens is 2. The van der Waals surface area contributed by atoms with E-state index < -0.39 is 0 Å². The lowest BCUT2D eigenvalue weighted by atomic mass is 9.99. The summed E-state index contributed by atoms with van der Waals surface area (Å²) in [4.78, 5) is 0. The fourth-order valence-corrected chi connectivity index (χ4v) is 2.64. The van der Waals surface area contributed by atoms with E-state index in [1.165, 1.54) is 11.1 Å². The van der Waals surface area contributed by atoms with Gasteiger partial charge in [0.15, 0.2) is 0 Å². The number of hydrogen-bond donors (Lipinski definition) is 1. The molecule has 1 unspecified atom stereocenters. The predicted octanol–water partition coefficient (Wildman–Crippen LogP) is 4.61. The summed E-state index contributed by atoms with van der Waals surface area (Å²) in [5.74, 6) is 0. The van der Waals surface area contributed by atoms with Crippen LogP contribution in [0.2, 0.25) is 5.02 Å². The number of likely N-dealkylation sites (N-methyl/N-ethyl adjacent to an activating group) is 1. The van der Waals surface area contributed by atoms with Crippen LogP contribution in [0.4, 0.5) is 0 Å². The molecule has 0 fully saturated rings. The van der Waals surface area contributed by atoms with Crippen molar-refractivity contribution in [2.75, 3.05) is 7.05 Å². The molecule has 1 nitrogen and oxygen atoms in total. The Balaban J connectivity index is 2.23. The zero-order chi connectivity index (χ0) is 13.0. The molecule has 2 aromatic rings. The fourth-order valence-electron chi connectivity index (χ4n) is 1.99. The molecule has 0 heterocycles. The smallest absolute Gasteiger partial charge is 0.0409 e. The van der Waals surface area contributed by atoms with Gasteiger partial charge in [-0.05, 0) is 42.8 Å². The molecular formula is C15H15BrClN. The van der Waals surface area contributed by atoms with Crippen LogP contribution >= 0.6 is 27.5 Å². The average molecular weight is 325 g/mol. The molecule has 0 radical (unpaired) electrons. The largest absolute Gasteiger partial charge is 0.313 e. The topological polar surface area (TPSA) is 12.0 Å². The summed E-state index contributed by atoms with van der Waals surface area (Å²) in [5.41, 5.74) is 2.50. The van der Waals surface area contributed by atoms with Crippen molar-refractivity contribution in [3.8, 4) is 0 Å². The van der Waals surface area contributed by atoms with Crippen LogP contribution in [0.25, 0.3) is 0 Å². The van der Waals surface area contributed by atoms with Gasteiger partial charge in [-0.15, -0.1) is 0 Å². The second-order valence-corrected chi connectivity index (χ2v) is 5.48. The molecule has 0 spiro atoms. The molecule has 0 amide bonds. The van der Waals surface area contributed by atoms with Gasteiger partial charge in [-0.25, -0.2) is 0 Å². The Kier molecular flexibility index (Phi) is 4.81. The standard InChI is InChI=1S/C15H15BrClN/c1-18-15(12-6-4-7-13(17)9-12)10-11-5-2-3-8-14(11)16/h2-9,15,18H,10H2,1H3. The summed E-state index contributed by atoms with van der Waals surface area (Å²) in [6.07, 6.45) is 0.929.